The molecule has 0 nitrogen and oxygen atoms in total. The van der Waals surface area contributed by atoms with E-state index in [0.29, 0.717) is 12.5 Å². The zero-order chi connectivity index (χ0) is 9.35. The molecule has 0 aromatic carbocycles. The maximum absolute atomic E-state index is 13.4. The Hall–Kier alpha value is -0.730. The summed E-state index contributed by atoms with van der Waals surface area (Å²) in [7, 11) is 0. The molecule has 0 radical (unpaired) electrons. The van der Waals surface area contributed by atoms with Crippen molar-refractivity contribution in [2.45, 2.75) is 25.9 Å². The molecule has 1 aliphatic carbocycles. The molecule has 0 bridgehead atoms. The lowest BCUT2D eigenvalue weighted by atomic mass is 9.84. The Balaban J connectivity index is 2.97. The molecule has 0 spiro atoms. The number of hydrogen-bond donors (Lipinski definition) is 0. The highest BCUT2D eigenvalue weighted by atomic mass is 19.2. The van der Waals surface area contributed by atoms with Gasteiger partial charge in [-0.1, -0.05) is 6.92 Å². The standard InChI is InChI=1S/C9H11F3/c1-3-6-4-7(10)8(11)5-9(6,2)12/h4-6H,3H2,1-2H3. The smallest absolute Gasteiger partial charge is 0.157 e. The van der Waals surface area contributed by atoms with Crippen molar-refractivity contribution in [3.63, 3.8) is 0 Å². The van der Waals surface area contributed by atoms with Crippen LogP contribution in [-0.2, 0) is 0 Å². The van der Waals surface area contributed by atoms with E-state index >= 15 is 0 Å². The Bertz CT molecular complexity index is 238. The molecule has 0 aromatic rings. The van der Waals surface area contributed by atoms with Gasteiger partial charge in [-0.2, -0.15) is 0 Å². The van der Waals surface area contributed by atoms with E-state index in [1.807, 2.05) is 0 Å². The summed E-state index contributed by atoms with van der Waals surface area (Å²) in [4.78, 5) is 0. The largest absolute Gasteiger partial charge is 0.239 e. The predicted octanol–water partition coefficient (Wildman–Crippen LogP) is 3.46. The molecule has 0 aliphatic heterocycles. The molecule has 0 N–H and O–H groups in total. The second-order valence-corrected chi connectivity index (χ2v) is 3.17. The van der Waals surface area contributed by atoms with Crippen LogP contribution in [0.1, 0.15) is 20.3 Å². The van der Waals surface area contributed by atoms with Gasteiger partial charge in [0.1, 0.15) is 5.67 Å². The molecule has 0 fully saturated rings. The van der Waals surface area contributed by atoms with Gasteiger partial charge >= 0.3 is 0 Å². The summed E-state index contributed by atoms with van der Waals surface area (Å²) in [6, 6.07) is 0. The summed E-state index contributed by atoms with van der Waals surface area (Å²) in [6.45, 7) is 2.99. The van der Waals surface area contributed by atoms with Gasteiger partial charge in [-0.05, 0) is 25.5 Å². The van der Waals surface area contributed by atoms with Gasteiger partial charge in [-0.25, -0.2) is 13.2 Å². The van der Waals surface area contributed by atoms with Gasteiger partial charge in [-0.15, -0.1) is 0 Å². The zero-order valence-corrected chi connectivity index (χ0v) is 7.07. The van der Waals surface area contributed by atoms with Crippen molar-refractivity contribution >= 4 is 0 Å². The Morgan fingerprint density at radius 1 is 1.42 bits per heavy atom. The molecule has 2 atom stereocenters. The minimum Gasteiger partial charge on any atom is -0.239 e. The first-order valence-electron chi connectivity index (χ1n) is 3.92. The fraction of sp³-hybridized carbons (Fsp3) is 0.556. The van der Waals surface area contributed by atoms with Crippen LogP contribution < -0.4 is 0 Å². The third-order valence-corrected chi connectivity index (χ3v) is 2.15. The normalized spacial score (nSPS) is 35.9. The quantitative estimate of drug-likeness (QED) is 0.574. The highest BCUT2D eigenvalue weighted by Crippen LogP contribution is 2.36. The summed E-state index contributed by atoms with van der Waals surface area (Å²) in [5, 5.41) is 0. The van der Waals surface area contributed by atoms with Crippen molar-refractivity contribution in [2.24, 2.45) is 5.92 Å². The van der Waals surface area contributed by atoms with E-state index in [-0.39, 0.29) is 0 Å². The second-order valence-electron chi connectivity index (χ2n) is 3.17. The lowest BCUT2D eigenvalue weighted by Gasteiger charge is -2.27. The van der Waals surface area contributed by atoms with Crippen LogP contribution in [0.2, 0.25) is 0 Å². The fourth-order valence-electron chi connectivity index (χ4n) is 1.36. The molecular formula is C9H11F3. The summed E-state index contributed by atoms with van der Waals surface area (Å²) in [5.74, 6) is -2.60. The second kappa shape index (κ2) is 2.96. The molecule has 0 saturated heterocycles. The van der Waals surface area contributed by atoms with Crippen LogP contribution in [-0.4, -0.2) is 5.67 Å². The van der Waals surface area contributed by atoms with Gasteiger partial charge in [0, 0.05) is 5.92 Å². The van der Waals surface area contributed by atoms with Crippen LogP contribution >= 0.6 is 0 Å². The number of alkyl halides is 1. The molecule has 0 saturated carbocycles. The molecular weight excluding hydrogens is 165 g/mol. The maximum atomic E-state index is 13.4. The molecule has 12 heavy (non-hydrogen) atoms. The Kier molecular flexibility index (Phi) is 2.31. The first kappa shape index (κ1) is 9.36. The van der Waals surface area contributed by atoms with Crippen molar-refractivity contribution in [1.82, 2.24) is 0 Å². The Morgan fingerprint density at radius 2 is 2.00 bits per heavy atom. The van der Waals surface area contributed by atoms with Crippen LogP contribution in [0.3, 0.4) is 0 Å². The highest BCUT2D eigenvalue weighted by molar-refractivity contribution is 5.30. The molecule has 0 heterocycles. The monoisotopic (exact) mass is 176 g/mol. The Morgan fingerprint density at radius 3 is 2.50 bits per heavy atom. The van der Waals surface area contributed by atoms with E-state index in [2.05, 4.69) is 0 Å². The average molecular weight is 176 g/mol. The zero-order valence-electron chi connectivity index (χ0n) is 7.07. The maximum Gasteiger partial charge on any atom is 0.157 e. The van der Waals surface area contributed by atoms with Gasteiger partial charge < -0.3 is 0 Å². The van der Waals surface area contributed by atoms with Crippen molar-refractivity contribution in [1.29, 1.82) is 0 Å². The fourth-order valence-corrected chi connectivity index (χ4v) is 1.36. The van der Waals surface area contributed by atoms with E-state index in [0.717, 1.165) is 6.08 Å². The van der Waals surface area contributed by atoms with E-state index in [1.165, 1.54) is 6.92 Å². The molecule has 2 unspecified atom stereocenters. The van der Waals surface area contributed by atoms with Gasteiger partial charge in [0.05, 0.1) is 0 Å². The summed E-state index contributed by atoms with van der Waals surface area (Å²) >= 11 is 0. The molecule has 0 amide bonds. The number of halogens is 3. The molecule has 1 aliphatic rings. The summed E-state index contributed by atoms with van der Waals surface area (Å²) < 4.78 is 38.6. The molecule has 1 rings (SSSR count). The van der Waals surface area contributed by atoms with Gasteiger partial charge in [0.25, 0.3) is 0 Å². The van der Waals surface area contributed by atoms with Crippen molar-refractivity contribution < 1.29 is 13.2 Å². The van der Waals surface area contributed by atoms with Gasteiger partial charge in [0.2, 0.25) is 0 Å². The number of allylic oxidation sites excluding steroid dienone is 4. The number of rotatable bonds is 1. The molecule has 68 valence electrons. The minimum absolute atomic E-state index is 0.462. The van der Waals surface area contributed by atoms with Gasteiger partial charge in [-0.3, -0.25) is 0 Å². The predicted molar refractivity (Wildman–Crippen MR) is 41.7 cm³/mol. The van der Waals surface area contributed by atoms with Crippen LogP contribution in [0, 0.1) is 5.92 Å². The summed E-state index contributed by atoms with van der Waals surface area (Å²) in [5.41, 5.74) is -1.76. The summed E-state index contributed by atoms with van der Waals surface area (Å²) in [6.07, 6.45) is 2.18. The van der Waals surface area contributed by atoms with Crippen molar-refractivity contribution in [2.75, 3.05) is 0 Å². The van der Waals surface area contributed by atoms with Crippen LogP contribution in [0.15, 0.2) is 23.8 Å². The van der Waals surface area contributed by atoms with E-state index in [1.54, 1.807) is 6.92 Å². The number of hydrogen-bond acceptors (Lipinski definition) is 0. The van der Waals surface area contributed by atoms with Gasteiger partial charge in [0.15, 0.2) is 11.7 Å². The van der Waals surface area contributed by atoms with Crippen molar-refractivity contribution in [3.05, 3.63) is 23.8 Å². The van der Waals surface area contributed by atoms with Crippen LogP contribution in [0.5, 0.6) is 0 Å². The lowest BCUT2D eigenvalue weighted by Crippen LogP contribution is -2.28. The van der Waals surface area contributed by atoms with Crippen molar-refractivity contribution in [3.8, 4) is 0 Å². The topological polar surface area (TPSA) is 0 Å². The molecule has 3 heteroatoms. The SMILES string of the molecule is CCC1C=C(F)C(F)=CC1(C)F. The van der Waals surface area contributed by atoms with E-state index in [9.17, 15) is 13.2 Å². The average Bonchev–Trinajstić information content (AvgIpc) is 1.96. The Labute approximate surface area is 69.8 Å². The first-order chi connectivity index (χ1) is 5.47. The highest BCUT2D eigenvalue weighted by Gasteiger charge is 2.34. The third kappa shape index (κ3) is 1.54. The molecule has 0 aromatic heterocycles. The van der Waals surface area contributed by atoms with E-state index in [4.69, 9.17) is 0 Å². The minimum atomic E-state index is -1.76. The third-order valence-electron chi connectivity index (χ3n) is 2.15. The lowest BCUT2D eigenvalue weighted by molar-refractivity contribution is 0.175. The van der Waals surface area contributed by atoms with E-state index < -0.39 is 23.2 Å². The first-order valence-corrected chi connectivity index (χ1v) is 3.92. The van der Waals surface area contributed by atoms with Crippen LogP contribution in [0.25, 0.3) is 0 Å². The van der Waals surface area contributed by atoms with Crippen LogP contribution in [0.4, 0.5) is 13.2 Å².